The third-order valence-corrected chi connectivity index (χ3v) is 5.39. The Morgan fingerprint density at radius 2 is 1.95 bits per heavy atom. The fourth-order valence-corrected chi connectivity index (χ4v) is 2.62. The smallest absolute Gasteiger partial charge is 0.191 e. The second kappa shape index (κ2) is 9.01. The molecule has 0 saturated heterocycles. The number of nitrogens with one attached hydrogen (secondary N) is 2. The van der Waals surface area contributed by atoms with Gasteiger partial charge in [0, 0.05) is 24.9 Å². The molecule has 0 amide bonds. The van der Waals surface area contributed by atoms with Crippen molar-refractivity contribution in [2.24, 2.45) is 10.9 Å². The average Bonchev–Trinajstić information content (AvgIpc) is 3.28. The zero-order chi connectivity index (χ0) is 15.3. The summed E-state index contributed by atoms with van der Waals surface area (Å²) >= 11 is 1.87. The van der Waals surface area contributed by atoms with Gasteiger partial charge in [0.2, 0.25) is 0 Å². The largest absolute Gasteiger partial charge is 0.356 e. The maximum absolute atomic E-state index is 4.31. The number of hydrogen-bond acceptors (Lipinski definition) is 2. The van der Waals surface area contributed by atoms with Crippen molar-refractivity contribution < 1.29 is 0 Å². The van der Waals surface area contributed by atoms with Crippen LogP contribution in [0.15, 0.2) is 35.3 Å². The number of guanidine groups is 1. The molecule has 2 atom stereocenters. The molecule has 3 nitrogen and oxygen atoms in total. The SMILES string of the molecule is CN=C(NCC1CC1c1ccccc1)NCC(C)(C)SC.I. The number of rotatable bonds is 6. The summed E-state index contributed by atoms with van der Waals surface area (Å²) in [6, 6.07) is 10.8. The molecule has 0 aromatic heterocycles. The van der Waals surface area contributed by atoms with Crippen LogP contribution in [0.25, 0.3) is 0 Å². The van der Waals surface area contributed by atoms with Gasteiger partial charge in [-0.2, -0.15) is 11.8 Å². The molecular formula is C17H28IN3S. The molecule has 2 N–H and O–H groups in total. The minimum absolute atomic E-state index is 0. The Morgan fingerprint density at radius 1 is 1.27 bits per heavy atom. The van der Waals surface area contributed by atoms with E-state index in [1.54, 1.807) is 0 Å². The highest BCUT2D eigenvalue weighted by molar-refractivity contribution is 14.0. The predicted molar refractivity (Wildman–Crippen MR) is 110 cm³/mol. The van der Waals surface area contributed by atoms with Crippen LogP contribution in [-0.2, 0) is 0 Å². The molecule has 1 saturated carbocycles. The van der Waals surface area contributed by atoms with Gasteiger partial charge in [-0.05, 0) is 43.9 Å². The van der Waals surface area contributed by atoms with Gasteiger partial charge in [0.1, 0.15) is 0 Å². The Bertz CT molecular complexity index is 476. The summed E-state index contributed by atoms with van der Waals surface area (Å²) in [5, 5.41) is 6.87. The van der Waals surface area contributed by atoms with E-state index in [0.29, 0.717) is 0 Å². The van der Waals surface area contributed by atoms with Gasteiger partial charge in [0.15, 0.2) is 5.96 Å². The molecule has 0 bridgehead atoms. The van der Waals surface area contributed by atoms with Crippen LogP contribution in [-0.4, -0.2) is 37.1 Å². The zero-order valence-electron chi connectivity index (χ0n) is 13.9. The first kappa shape index (κ1) is 19.6. The summed E-state index contributed by atoms with van der Waals surface area (Å²) in [4.78, 5) is 4.31. The molecule has 2 rings (SSSR count). The zero-order valence-corrected chi connectivity index (χ0v) is 17.1. The van der Waals surface area contributed by atoms with E-state index in [1.807, 2.05) is 18.8 Å². The van der Waals surface area contributed by atoms with Gasteiger partial charge in [-0.3, -0.25) is 4.99 Å². The quantitative estimate of drug-likeness (QED) is 0.408. The molecule has 5 heteroatoms. The Hall–Kier alpha value is -0.430. The number of halogens is 1. The lowest BCUT2D eigenvalue weighted by Gasteiger charge is -2.23. The van der Waals surface area contributed by atoms with Crippen molar-refractivity contribution in [3.63, 3.8) is 0 Å². The van der Waals surface area contributed by atoms with Gasteiger partial charge in [0.25, 0.3) is 0 Å². The molecule has 0 spiro atoms. The second-order valence-corrected chi connectivity index (χ2v) is 7.80. The first-order valence-corrected chi connectivity index (χ1v) is 8.83. The van der Waals surface area contributed by atoms with Gasteiger partial charge in [-0.1, -0.05) is 30.3 Å². The normalized spacial score (nSPS) is 21.0. The molecule has 1 aliphatic carbocycles. The van der Waals surface area contributed by atoms with Crippen LogP contribution in [0.3, 0.4) is 0 Å². The molecule has 2 unspecified atom stereocenters. The van der Waals surface area contributed by atoms with E-state index >= 15 is 0 Å². The lowest BCUT2D eigenvalue weighted by Crippen LogP contribution is -2.43. The molecule has 124 valence electrons. The maximum Gasteiger partial charge on any atom is 0.191 e. The lowest BCUT2D eigenvalue weighted by molar-refractivity contribution is 0.654. The van der Waals surface area contributed by atoms with Gasteiger partial charge in [-0.25, -0.2) is 0 Å². The summed E-state index contributed by atoms with van der Waals surface area (Å²) < 4.78 is 0.226. The molecule has 1 aromatic rings. The summed E-state index contributed by atoms with van der Waals surface area (Å²) in [6.07, 6.45) is 3.43. The van der Waals surface area contributed by atoms with Gasteiger partial charge < -0.3 is 10.6 Å². The fourth-order valence-electron chi connectivity index (χ4n) is 2.40. The van der Waals surface area contributed by atoms with Crippen LogP contribution in [0.1, 0.15) is 31.7 Å². The molecular weight excluding hydrogens is 405 g/mol. The third kappa shape index (κ3) is 5.99. The van der Waals surface area contributed by atoms with Gasteiger partial charge in [-0.15, -0.1) is 24.0 Å². The summed E-state index contributed by atoms with van der Waals surface area (Å²) in [5.74, 6) is 2.37. The lowest BCUT2D eigenvalue weighted by atomic mass is 10.1. The number of benzene rings is 1. The maximum atomic E-state index is 4.31. The van der Waals surface area contributed by atoms with Crippen LogP contribution in [0, 0.1) is 5.92 Å². The van der Waals surface area contributed by atoms with Crippen molar-refractivity contribution in [1.29, 1.82) is 0 Å². The van der Waals surface area contributed by atoms with E-state index < -0.39 is 0 Å². The Morgan fingerprint density at radius 3 is 2.55 bits per heavy atom. The first-order valence-electron chi connectivity index (χ1n) is 7.60. The highest BCUT2D eigenvalue weighted by Crippen LogP contribution is 2.46. The average molecular weight is 433 g/mol. The van der Waals surface area contributed by atoms with Gasteiger partial charge >= 0.3 is 0 Å². The van der Waals surface area contributed by atoms with E-state index in [1.165, 1.54) is 12.0 Å². The van der Waals surface area contributed by atoms with Crippen molar-refractivity contribution in [2.75, 3.05) is 26.4 Å². The predicted octanol–water partition coefficient (Wildman–Crippen LogP) is 3.71. The summed E-state index contributed by atoms with van der Waals surface area (Å²) in [6.45, 7) is 6.40. The van der Waals surface area contributed by atoms with Crippen LogP contribution in [0.2, 0.25) is 0 Å². The number of nitrogens with zero attached hydrogens (tertiary/aromatic N) is 1. The summed E-state index contributed by atoms with van der Waals surface area (Å²) in [7, 11) is 1.84. The number of hydrogen-bond donors (Lipinski definition) is 2. The highest BCUT2D eigenvalue weighted by Gasteiger charge is 2.37. The molecule has 0 radical (unpaired) electrons. The highest BCUT2D eigenvalue weighted by atomic mass is 127. The van der Waals surface area contributed by atoms with E-state index in [9.17, 15) is 0 Å². The fraction of sp³-hybridized carbons (Fsp3) is 0.588. The molecule has 1 aromatic carbocycles. The summed E-state index contributed by atoms with van der Waals surface area (Å²) in [5.41, 5.74) is 1.47. The van der Waals surface area contributed by atoms with Crippen LogP contribution < -0.4 is 10.6 Å². The minimum Gasteiger partial charge on any atom is -0.356 e. The van der Waals surface area contributed by atoms with E-state index in [4.69, 9.17) is 0 Å². The first-order chi connectivity index (χ1) is 10.1. The van der Waals surface area contributed by atoms with Crippen molar-refractivity contribution in [3.05, 3.63) is 35.9 Å². The van der Waals surface area contributed by atoms with Crippen molar-refractivity contribution in [2.45, 2.75) is 30.9 Å². The van der Waals surface area contributed by atoms with Crippen LogP contribution in [0.5, 0.6) is 0 Å². The Labute approximate surface area is 156 Å². The number of thioether (sulfide) groups is 1. The topological polar surface area (TPSA) is 36.4 Å². The number of aliphatic imine (C=N–C) groups is 1. The van der Waals surface area contributed by atoms with Crippen molar-refractivity contribution in [3.8, 4) is 0 Å². The van der Waals surface area contributed by atoms with Crippen LogP contribution in [0.4, 0.5) is 0 Å². The van der Waals surface area contributed by atoms with E-state index in [0.717, 1.165) is 30.9 Å². The van der Waals surface area contributed by atoms with Crippen LogP contribution >= 0.6 is 35.7 Å². The Balaban J connectivity index is 0.00000242. The monoisotopic (exact) mass is 433 g/mol. The molecule has 22 heavy (non-hydrogen) atoms. The van der Waals surface area contributed by atoms with Crippen molar-refractivity contribution >= 4 is 41.7 Å². The standard InChI is InChI=1S/C17H27N3S.HI/c1-17(2,21-4)12-20-16(18-3)19-11-14-10-15(14)13-8-6-5-7-9-13;/h5-9,14-15H,10-12H2,1-4H3,(H2,18,19,20);1H. The molecule has 0 aliphatic heterocycles. The molecule has 0 heterocycles. The third-order valence-electron chi connectivity index (χ3n) is 4.14. The van der Waals surface area contributed by atoms with E-state index in [2.05, 4.69) is 66.1 Å². The Kier molecular flexibility index (Phi) is 8.03. The van der Waals surface area contributed by atoms with E-state index in [-0.39, 0.29) is 28.7 Å². The molecule has 1 fully saturated rings. The second-order valence-electron chi connectivity index (χ2n) is 6.28. The minimum atomic E-state index is 0. The van der Waals surface area contributed by atoms with Crippen molar-refractivity contribution in [1.82, 2.24) is 10.6 Å². The molecule has 1 aliphatic rings. The van der Waals surface area contributed by atoms with Gasteiger partial charge in [0.05, 0.1) is 0 Å².